The molecular formula is C19H21NO2. The van der Waals surface area contributed by atoms with Crippen LogP contribution in [0, 0.1) is 0 Å². The summed E-state index contributed by atoms with van der Waals surface area (Å²) in [5.74, 6) is 0.606. The van der Waals surface area contributed by atoms with Crippen molar-refractivity contribution in [3.8, 4) is 5.75 Å². The van der Waals surface area contributed by atoms with Crippen LogP contribution in [0.2, 0.25) is 0 Å². The van der Waals surface area contributed by atoms with Gasteiger partial charge in [0.05, 0.1) is 0 Å². The number of carbonyl (C=O) groups is 1. The molecule has 0 fully saturated rings. The molecule has 0 unspecified atom stereocenters. The van der Waals surface area contributed by atoms with Crippen LogP contribution in [0.5, 0.6) is 5.75 Å². The van der Waals surface area contributed by atoms with Gasteiger partial charge in [-0.25, -0.2) is 0 Å². The van der Waals surface area contributed by atoms with Crippen molar-refractivity contribution in [2.45, 2.75) is 12.8 Å². The molecule has 0 saturated heterocycles. The normalized spacial score (nSPS) is 10.0. The highest BCUT2D eigenvalue weighted by Crippen LogP contribution is 2.13. The van der Waals surface area contributed by atoms with E-state index in [4.69, 9.17) is 4.74 Å². The van der Waals surface area contributed by atoms with Crippen LogP contribution in [-0.4, -0.2) is 19.1 Å². The summed E-state index contributed by atoms with van der Waals surface area (Å²) in [5.41, 5.74) is 1.90. The lowest BCUT2D eigenvalue weighted by Crippen LogP contribution is -2.24. The zero-order chi connectivity index (χ0) is 15.6. The summed E-state index contributed by atoms with van der Waals surface area (Å²) in [5, 5.41) is 2.94. The molecule has 0 aliphatic rings. The van der Waals surface area contributed by atoms with E-state index >= 15 is 0 Å². The van der Waals surface area contributed by atoms with Crippen LogP contribution in [0.3, 0.4) is 0 Å². The second-order valence-electron chi connectivity index (χ2n) is 4.97. The van der Waals surface area contributed by atoms with E-state index in [9.17, 15) is 4.79 Å². The van der Waals surface area contributed by atoms with Crippen LogP contribution in [0.4, 0.5) is 0 Å². The first-order valence-electron chi connectivity index (χ1n) is 7.45. The van der Waals surface area contributed by atoms with Crippen LogP contribution in [0.25, 0.3) is 0 Å². The highest BCUT2D eigenvalue weighted by molar-refractivity contribution is 5.94. The summed E-state index contributed by atoms with van der Waals surface area (Å²) in [6.07, 6.45) is 3.56. The highest BCUT2D eigenvalue weighted by Gasteiger charge is 2.06. The molecule has 0 atom stereocenters. The van der Waals surface area contributed by atoms with Gasteiger partial charge in [-0.1, -0.05) is 49.1 Å². The number of carbonyl (C=O) groups excluding carboxylic acids is 1. The predicted octanol–water partition coefficient (Wildman–Crippen LogP) is 3.61. The van der Waals surface area contributed by atoms with Crippen molar-refractivity contribution in [2.24, 2.45) is 0 Å². The van der Waals surface area contributed by atoms with Crippen molar-refractivity contribution < 1.29 is 9.53 Å². The molecular weight excluding hydrogens is 274 g/mol. The van der Waals surface area contributed by atoms with Crippen molar-refractivity contribution in [1.29, 1.82) is 0 Å². The number of hydrogen-bond donors (Lipinski definition) is 1. The minimum atomic E-state index is -0.0721. The fraction of sp³-hybridized carbons (Fsp3) is 0.211. The lowest BCUT2D eigenvalue weighted by molar-refractivity contribution is 0.0953. The average molecular weight is 295 g/mol. The van der Waals surface area contributed by atoms with Crippen molar-refractivity contribution in [3.05, 3.63) is 78.4 Å². The summed E-state index contributed by atoms with van der Waals surface area (Å²) in [6, 6.07) is 17.4. The molecule has 0 heterocycles. The minimum absolute atomic E-state index is 0.0721. The Bertz CT molecular complexity index is 608. The summed E-state index contributed by atoms with van der Waals surface area (Å²) >= 11 is 0. The Morgan fingerprint density at radius 1 is 1.14 bits per heavy atom. The maximum absolute atomic E-state index is 12.1. The van der Waals surface area contributed by atoms with Gasteiger partial charge in [0.15, 0.2) is 0 Å². The van der Waals surface area contributed by atoms with E-state index in [1.165, 1.54) is 5.56 Å². The molecule has 0 aliphatic heterocycles. The lowest BCUT2D eigenvalue weighted by atomic mass is 10.1. The van der Waals surface area contributed by atoms with Crippen molar-refractivity contribution in [2.75, 3.05) is 13.2 Å². The lowest BCUT2D eigenvalue weighted by Gasteiger charge is -2.08. The van der Waals surface area contributed by atoms with E-state index in [1.54, 1.807) is 18.2 Å². The first kappa shape index (κ1) is 15.8. The van der Waals surface area contributed by atoms with Gasteiger partial charge in [-0.15, -0.1) is 0 Å². The Balaban J connectivity index is 1.78. The standard InChI is InChI=1S/C19H21NO2/c1-2-14-22-18-12-6-11-17(15-18)19(21)20-13-7-10-16-8-4-3-5-9-16/h2-6,8-9,11-12,15H,1,7,10,13-14H2,(H,20,21). The van der Waals surface area contributed by atoms with Crippen molar-refractivity contribution >= 4 is 5.91 Å². The first-order valence-corrected chi connectivity index (χ1v) is 7.45. The monoisotopic (exact) mass is 295 g/mol. The molecule has 2 rings (SSSR count). The molecule has 0 spiro atoms. The topological polar surface area (TPSA) is 38.3 Å². The van der Waals surface area contributed by atoms with Crippen LogP contribution in [-0.2, 0) is 6.42 Å². The number of benzene rings is 2. The van der Waals surface area contributed by atoms with Gasteiger partial charge >= 0.3 is 0 Å². The summed E-state index contributed by atoms with van der Waals surface area (Å²) in [7, 11) is 0. The van der Waals surface area contributed by atoms with E-state index in [1.807, 2.05) is 30.3 Å². The van der Waals surface area contributed by atoms with E-state index in [0.29, 0.717) is 24.5 Å². The number of rotatable bonds is 8. The predicted molar refractivity (Wildman–Crippen MR) is 89.2 cm³/mol. The molecule has 0 bridgehead atoms. The molecule has 2 aromatic rings. The number of hydrogen-bond acceptors (Lipinski definition) is 2. The molecule has 1 N–H and O–H groups in total. The maximum Gasteiger partial charge on any atom is 0.251 e. The van der Waals surface area contributed by atoms with Crippen LogP contribution < -0.4 is 10.1 Å². The minimum Gasteiger partial charge on any atom is -0.490 e. The van der Waals surface area contributed by atoms with Gasteiger partial charge in [-0.3, -0.25) is 4.79 Å². The van der Waals surface area contributed by atoms with Crippen LogP contribution >= 0.6 is 0 Å². The molecule has 0 aliphatic carbocycles. The van der Waals surface area contributed by atoms with Crippen LogP contribution in [0.1, 0.15) is 22.3 Å². The second kappa shape index (κ2) is 8.67. The van der Waals surface area contributed by atoms with E-state index in [2.05, 4.69) is 24.0 Å². The van der Waals surface area contributed by atoms with Gasteiger partial charge in [-0.2, -0.15) is 0 Å². The quantitative estimate of drug-likeness (QED) is 0.597. The summed E-state index contributed by atoms with van der Waals surface area (Å²) in [6.45, 7) is 4.69. The Hall–Kier alpha value is -2.55. The molecule has 0 saturated carbocycles. The zero-order valence-corrected chi connectivity index (χ0v) is 12.6. The Kier molecular flexibility index (Phi) is 6.24. The number of ether oxygens (including phenoxy) is 1. The Labute approximate surface area is 131 Å². The Morgan fingerprint density at radius 2 is 1.95 bits per heavy atom. The SMILES string of the molecule is C=CCOc1cccc(C(=O)NCCCc2ccccc2)c1. The van der Waals surface area contributed by atoms with Gasteiger partial charge in [-0.05, 0) is 36.6 Å². The summed E-state index contributed by atoms with van der Waals surface area (Å²) < 4.78 is 5.43. The van der Waals surface area contributed by atoms with Gasteiger partial charge in [0, 0.05) is 12.1 Å². The molecule has 22 heavy (non-hydrogen) atoms. The molecule has 1 amide bonds. The third-order valence-electron chi connectivity index (χ3n) is 3.23. The second-order valence-corrected chi connectivity index (χ2v) is 4.97. The third-order valence-corrected chi connectivity index (χ3v) is 3.23. The van der Waals surface area contributed by atoms with E-state index < -0.39 is 0 Å². The molecule has 3 nitrogen and oxygen atoms in total. The molecule has 0 radical (unpaired) electrons. The zero-order valence-electron chi connectivity index (χ0n) is 12.6. The first-order chi connectivity index (χ1) is 10.8. The number of amides is 1. The molecule has 0 aromatic heterocycles. The molecule has 3 heteroatoms. The molecule has 114 valence electrons. The maximum atomic E-state index is 12.1. The van der Waals surface area contributed by atoms with Gasteiger partial charge in [0.1, 0.15) is 12.4 Å². The van der Waals surface area contributed by atoms with Gasteiger partial charge in [0.25, 0.3) is 5.91 Å². The number of nitrogens with one attached hydrogen (secondary N) is 1. The largest absolute Gasteiger partial charge is 0.490 e. The average Bonchev–Trinajstić information content (AvgIpc) is 2.58. The summed E-state index contributed by atoms with van der Waals surface area (Å²) in [4.78, 5) is 12.1. The van der Waals surface area contributed by atoms with Gasteiger partial charge < -0.3 is 10.1 Å². The fourth-order valence-electron chi connectivity index (χ4n) is 2.12. The van der Waals surface area contributed by atoms with Gasteiger partial charge in [0.2, 0.25) is 0 Å². The smallest absolute Gasteiger partial charge is 0.251 e. The van der Waals surface area contributed by atoms with Crippen LogP contribution in [0.15, 0.2) is 67.3 Å². The van der Waals surface area contributed by atoms with E-state index in [-0.39, 0.29) is 5.91 Å². The van der Waals surface area contributed by atoms with Crippen molar-refractivity contribution in [1.82, 2.24) is 5.32 Å². The fourth-order valence-corrected chi connectivity index (χ4v) is 2.12. The molecule has 2 aromatic carbocycles. The third kappa shape index (κ3) is 5.09. The Morgan fingerprint density at radius 3 is 2.73 bits per heavy atom. The van der Waals surface area contributed by atoms with E-state index in [0.717, 1.165) is 12.8 Å². The number of aryl methyl sites for hydroxylation is 1. The van der Waals surface area contributed by atoms with Crippen molar-refractivity contribution in [3.63, 3.8) is 0 Å². The highest BCUT2D eigenvalue weighted by atomic mass is 16.5.